The molecular formula is C23H32N2O2. The van der Waals surface area contributed by atoms with Gasteiger partial charge in [0.2, 0.25) is 0 Å². The molecule has 4 heteroatoms. The van der Waals surface area contributed by atoms with Gasteiger partial charge in [0.15, 0.2) is 0 Å². The largest absolute Gasteiger partial charge is 0.394 e. The molecule has 146 valence electrons. The standard InChI is InChI=1S/C23H32N2O2/c1-16(2)20-10-9-17(3)13-21(20)23(27)15-19-14-22(24-25(19)11-12-26)18-7-5-4-6-8-18/h4-8,14,16-17,20-21,26H,9-13,15H2,1-3H3/t17-,20+,21-/m1/s1. The van der Waals surface area contributed by atoms with Gasteiger partial charge in [0.25, 0.3) is 0 Å². The third-order valence-corrected chi connectivity index (χ3v) is 6.04. The van der Waals surface area contributed by atoms with E-state index in [1.807, 2.05) is 36.4 Å². The van der Waals surface area contributed by atoms with E-state index in [0.29, 0.717) is 36.5 Å². The van der Waals surface area contributed by atoms with Crippen molar-refractivity contribution in [1.82, 2.24) is 9.78 Å². The molecule has 27 heavy (non-hydrogen) atoms. The van der Waals surface area contributed by atoms with Gasteiger partial charge in [-0.1, -0.05) is 57.5 Å². The minimum atomic E-state index is 0.0200. The Labute approximate surface area is 162 Å². The number of rotatable bonds is 7. The molecule has 1 heterocycles. The first kappa shape index (κ1) is 19.8. The minimum Gasteiger partial charge on any atom is -0.394 e. The quantitative estimate of drug-likeness (QED) is 0.790. The number of benzene rings is 1. The molecule has 4 nitrogen and oxygen atoms in total. The van der Waals surface area contributed by atoms with Gasteiger partial charge in [-0.25, -0.2) is 0 Å². The predicted molar refractivity (Wildman–Crippen MR) is 108 cm³/mol. The van der Waals surface area contributed by atoms with Gasteiger partial charge < -0.3 is 5.11 Å². The first-order valence-corrected chi connectivity index (χ1v) is 10.2. The second kappa shape index (κ2) is 8.83. The van der Waals surface area contributed by atoms with Crippen LogP contribution in [0.3, 0.4) is 0 Å². The molecule has 0 saturated heterocycles. The molecule has 1 N–H and O–H groups in total. The Kier molecular flexibility index (Phi) is 6.48. The highest BCUT2D eigenvalue weighted by atomic mass is 16.3. The van der Waals surface area contributed by atoms with Crippen molar-refractivity contribution in [1.29, 1.82) is 0 Å². The highest BCUT2D eigenvalue weighted by Crippen LogP contribution is 2.39. The second-order valence-electron chi connectivity index (χ2n) is 8.41. The van der Waals surface area contributed by atoms with Gasteiger partial charge in [-0.2, -0.15) is 5.10 Å². The maximum atomic E-state index is 13.2. The summed E-state index contributed by atoms with van der Waals surface area (Å²) in [6.07, 6.45) is 3.79. The molecule has 0 radical (unpaired) electrons. The van der Waals surface area contributed by atoms with Gasteiger partial charge in [0.1, 0.15) is 5.78 Å². The lowest BCUT2D eigenvalue weighted by Crippen LogP contribution is -2.34. The summed E-state index contributed by atoms with van der Waals surface area (Å²) in [5, 5.41) is 14.1. The smallest absolute Gasteiger partial charge is 0.142 e. The monoisotopic (exact) mass is 368 g/mol. The van der Waals surface area contributed by atoms with Crippen molar-refractivity contribution in [3.05, 3.63) is 42.1 Å². The maximum Gasteiger partial charge on any atom is 0.142 e. The van der Waals surface area contributed by atoms with Gasteiger partial charge in [-0.05, 0) is 36.7 Å². The predicted octanol–water partition coefficient (Wildman–Crippen LogP) is 4.36. The molecular weight excluding hydrogens is 336 g/mol. The molecule has 0 unspecified atom stereocenters. The molecule has 3 atom stereocenters. The summed E-state index contributed by atoms with van der Waals surface area (Å²) < 4.78 is 1.80. The van der Waals surface area contributed by atoms with E-state index in [0.717, 1.165) is 29.8 Å². The topological polar surface area (TPSA) is 55.1 Å². The SMILES string of the molecule is CC(C)[C@@H]1CC[C@@H](C)C[C@H]1C(=O)Cc1cc(-c2ccccc2)nn1CCO. The van der Waals surface area contributed by atoms with E-state index in [9.17, 15) is 9.90 Å². The number of ketones is 1. The molecule has 1 aromatic heterocycles. The van der Waals surface area contributed by atoms with Gasteiger partial charge in [0, 0.05) is 23.6 Å². The summed E-state index contributed by atoms with van der Waals surface area (Å²) in [7, 11) is 0. The average Bonchev–Trinajstić information content (AvgIpc) is 3.05. The molecule has 2 aromatic rings. The van der Waals surface area contributed by atoms with Crippen molar-refractivity contribution in [2.75, 3.05) is 6.61 Å². The van der Waals surface area contributed by atoms with Crippen molar-refractivity contribution >= 4 is 5.78 Å². The number of carbonyl (C=O) groups is 1. The van der Waals surface area contributed by atoms with E-state index < -0.39 is 0 Å². The number of carbonyl (C=O) groups excluding carboxylic acids is 1. The molecule has 1 aliphatic rings. The van der Waals surface area contributed by atoms with Crippen molar-refractivity contribution < 1.29 is 9.90 Å². The number of nitrogens with zero attached hydrogens (tertiary/aromatic N) is 2. The molecule has 0 spiro atoms. The van der Waals surface area contributed by atoms with E-state index >= 15 is 0 Å². The van der Waals surface area contributed by atoms with E-state index in [1.54, 1.807) is 4.68 Å². The lowest BCUT2D eigenvalue weighted by Gasteiger charge is -2.36. The Balaban J connectivity index is 1.83. The van der Waals surface area contributed by atoms with Crippen LogP contribution in [0.1, 0.15) is 45.7 Å². The third kappa shape index (κ3) is 4.67. The van der Waals surface area contributed by atoms with Crippen molar-refractivity contribution in [3.63, 3.8) is 0 Å². The summed E-state index contributed by atoms with van der Waals surface area (Å²) >= 11 is 0. The zero-order valence-corrected chi connectivity index (χ0v) is 16.8. The fraction of sp³-hybridized carbons (Fsp3) is 0.565. The van der Waals surface area contributed by atoms with Crippen LogP contribution in [0.5, 0.6) is 0 Å². The second-order valence-corrected chi connectivity index (χ2v) is 8.41. The molecule has 0 bridgehead atoms. The molecule has 1 aliphatic carbocycles. The van der Waals surface area contributed by atoms with E-state index in [2.05, 4.69) is 25.9 Å². The van der Waals surface area contributed by atoms with Crippen LogP contribution in [0, 0.1) is 23.7 Å². The number of aliphatic hydroxyl groups excluding tert-OH is 1. The Morgan fingerprint density at radius 3 is 2.67 bits per heavy atom. The summed E-state index contributed by atoms with van der Waals surface area (Å²) in [5.41, 5.74) is 2.81. The number of aliphatic hydroxyl groups is 1. The van der Waals surface area contributed by atoms with Crippen molar-refractivity contribution in [2.45, 2.75) is 53.0 Å². The van der Waals surface area contributed by atoms with Crippen LogP contribution in [-0.4, -0.2) is 27.3 Å². The molecule has 3 rings (SSSR count). The number of hydrogen-bond acceptors (Lipinski definition) is 3. The van der Waals surface area contributed by atoms with Crippen molar-refractivity contribution in [3.8, 4) is 11.3 Å². The molecule has 1 saturated carbocycles. The summed E-state index contributed by atoms with van der Waals surface area (Å²) in [6, 6.07) is 12.0. The molecule has 1 fully saturated rings. The average molecular weight is 369 g/mol. The van der Waals surface area contributed by atoms with Crippen LogP contribution in [0.4, 0.5) is 0 Å². The van der Waals surface area contributed by atoms with E-state index in [4.69, 9.17) is 0 Å². The Morgan fingerprint density at radius 1 is 1.26 bits per heavy atom. The number of Topliss-reactive ketones (excluding diaryl/α,β-unsaturated/α-hetero) is 1. The third-order valence-electron chi connectivity index (χ3n) is 6.04. The van der Waals surface area contributed by atoms with Crippen LogP contribution in [0.15, 0.2) is 36.4 Å². The zero-order valence-electron chi connectivity index (χ0n) is 16.8. The molecule has 0 aliphatic heterocycles. The minimum absolute atomic E-state index is 0.0200. The first-order chi connectivity index (χ1) is 13.0. The number of aromatic nitrogens is 2. The van der Waals surface area contributed by atoms with Crippen LogP contribution in [0.2, 0.25) is 0 Å². The number of hydrogen-bond donors (Lipinski definition) is 1. The van der Waals surface area contributed by atoms with Crippen LogP contribution in [-0.2, 0) is 17.8 Å². The Morgan fingerprint density at radius 2 is 2.00 bits per heavy atom. The molecule has 1 aromatic carbocycles. The Bertz CT molecular complexity index is 751. The van der Waals surface area contributed by atoms with Crippen LogP contribution in [0.25, 0.3) is 11.3 Å². The highest BCUT2D eigenvalue weighted by Gasteiger charge is 2.35. The summed E-state index contributed by atoms with van der Waals surface area (Å²) in [5.74, 6) is 2.12. The highest BCUT2D eigenvalue weighted by molar-refractivity contribution is 5.83. The van der Waals surface area contributed by atoms with Crippen LogP contribution < -0.4 is 0 Å². The van der Waals surface area contributed by atoms with E-state index in [1.165, 1.54) is 6.42 Å². The fourth-order valence-electron chi connectivity index (χ4n) is 4.52. The lowest BCUT2D eigenvalue weighted by atomic mass is 9.68. The van der Waals surface area contributed by atoms with Crippen LogP contribution >= 0.6 is 0 Å². The maximum absolute atomic E-state index is 13.2. The summed E-state index contributed by atoms with van der Waals surface area (Å²) in [4.78, 5) is 13.2. The zero-order chi connectivity index (χ0) is 19.4. The Hall–Kier alpha value is -1.94. The van der Waals surface area contributed by atoms with Gasteiger partial charge >= 0.3 is 0 Å². The van der Waals surface area contributed by atoms with Gasteiger partial charge in [-0.15, -0.1) is 0 Å². The lowest BCUT2D eigenvalue weighted by molar-refractivity contribution is -0.126. The first-order valence-electron chi connectivity index (χ1n) is 10.2. The van der Waals surface area contributed by atoms with E-state index in [-0.39, 0.29) is 12.5 Å². The normalized spacial score (nSPS) is 22.9. The summed E-state index contributed by atoms with van der Waals surface area (Å²) in [6.45, 7) is 7.19. The van der Waals surface area contributed by atoms with Crippen molar-refractivity contribution in [2.24, 2.45) is 23.7 Å². The molecule has 0 amide bonds. The van der Waals surface area contributed by atoms with Gasteiger partial charge in [-0.3, -0.25) is 9.48 Å². The fourth-order valence-corrected chi connectivity index (χ4v) is 4.52. The van der Waals surface area contributed by atoms with Gasteiger partial charge in [0.05, 0.1) is 18.8 Å².